The lowest BCUT2D eigenvalue weighted by atomic mass is 9.99. The fourth-order valence-electron chi connectivity index (χ4n) is 4.31. The van der Waals surface area contributed by atoms with E-state index in [2.05, 4.69) is 24.7 Å². The van der Waals surface area contributed by atoms with Gasteiger partial charge in [-0.3, -0.25) is 14.9 Å². The highest BCUT2D eigenvalue weighted by Gasteiger charge is 2.28. The number of thiophene rings is 1. The van der Waals surface area contributed by atoms with Crippen LogP contribution < -0.4 is 34.6 Å². The normalized spacial score (nSPS) is 14.8. The molecule has 1 aliphatic rings. The van der Waals surface area contributed by atoms with Crippen LogP contribution in [0.1, 0.15) is 34.5 Å². The lowest BCUT2D eigenvalue weighted by molar-refractivity contribution is -0.896. The molecule has 1 aliphatic heterocycles. The van der Waals surface area contributed by atoms with E-state index in [1.54, 1.807) is 12.1 Å². The van der Waals surface area contributed by atoms with Gasteiger partial charge in [-0.1, -0.05) is 42.5 Å². The Kier molecular flexibility index (Phi) is 10.2. The first-order valence-electron chi connectivity index (χ1n) is 12.1. The SMILES string of the molecule is C[N+]1(C)CCC(OC(=O)Nc2cc(CCC(=O)Nc3ccc(C=O)s3)ccc2-c2ccccc2)CC1.[I-]. The number of amides is 2. The van der Waals surface area contributed by atoms with Crippen LogP contribution in [-0.2, 0) is 16.0 Å². The van der Waals surface area contributed by atoms with E-state index in [1.165, 1.54) is 11.3 Å². The van der Waals surface area contributed by atoms with Gasteiger partial charge in [0.15, 0.2) is 6.29 Å². The van der Waals surface area contributed by atoms with Gasteiger partial charge in [0.05, 0.1) is 42.8 Å². The van der Waals surface area contributed by atoms with E-state index in [-0.39, 0.29) is 42.4 Å². The monoisotopic (exact) mass is 633 g/mol. The molecule has 0 atom stereocenters. The van der Waals surface area contributed by atoms with E-state index < -0.39 is 6.09 Å². The molecule has 2 aromatic carbocycles. The summed E-state index contributed by atoms with van der Waals surface area (Å²) in [6, 6.07) is 19.1. The van der Waals surface area contributed by atoms with Gasteiger partial charge in [-0.15, -0.1) is 11.3 Å². The van der Waals surface area contributed by atoms with E-state index >= 15 is 0 Å². The van der Waals surface area contributed by atoms with E-state index in [9.17, 15) is 14.4 Å². The van der Waals surface area contributed by atoms with Gasteiger partial charge in [0.25, 0.3) is 0 Å². The third-order valence-electron chi connectivity index (χ3n) is 6.44. The minimum absolute atomic E-state index is 0. The number of quaternary nitrogens is 1. The summed E-state index contributed by atoms with van der Waals surface area (Å²) in [6.07, 6.45) is 2.70. The molecule has 2 heterocycles. The van der Waals surface area contributed by atoms with Crippen molar-refractivity contribution in [2.24, 2.45) is 0 Å². The van der Waals surface area contributed by atoms with Crippen molar-refractivity contribution in [2.45, 2.75) is 31.8 Å². The number of rotatable bonds is 8. The number of carbonyl (C=O) groups excluding carboxylic acids is 3. The zero-order valence-corrected chi connectivity index (χ0v) is 24.0. The van der Waals surface area contributed by atoms with Gasteiger partial charge in [0, 0.05) is 24.8 Å². The second-order valence-electron chi connectivity index (χ2n) is 9.73. The number of carbonyl (C=O) groups is 3. The van der Waals surface area contributed by atoms with Crippen LogP contribution in [0.2, 0.25) is 0 Å². The molecule has 0 spiro atoms. The molecule has 1 fully saturated rings. The predicted octanol–water partition coefficient (Wildman–Crippen LogP) is 2.59. The second-order valence-corrected chi connectivity index (χ2v) is 10.8. The summed E-state index contributed by atoms with van der Waals surface area (Å²) in [5, 5.41) is 6.44. The van der Waals surface area contributed by atoms with Crippen molar-refractivity contribution in [2.75, 3.05) is 37.8 Å². The molecule has 196 valence electrons. The Bertz CT molecular complexity index is 1220. The number of benzene rings is 2. The van der Waals surface area contributed by atoms with Crippen molar-refractivity contribution < 1.29 is 47.6 Å². The van der Waals surface area contributed by atoms with Crippen molar-refractivity contribution in [3.63, 3.8) is 0 Å². The third-order valence-corrected chi connectivity index (χ3v) is 7.36. The largest absolute Gasteiger partial charge is 1.00 e. The Morgan fingerprint density at radius 3 is 2.43 bits per heavy atom. The molecule has 4 rings (SSSR count). The fourth-order valence-corrected chi connectivity index (χ4v) is 5.05. The van der Waals surface area contributed by atoms with Gasteiger partial charge in [-0.2, -0.15) is 0 Å². The summed E-state index contributed by atoms with van der Waals surface area (Å²) in [5.74, 6) is -0.131. The summed E-state index contributed by atoms with van der Waals surface area (Å²) < 4.78 is 6.69. The van der Waals surface area contributed by atoms with Crippen LogP contribution in [0.4, 0.5) is 15.5 Å². The van der Waals surface area contributed by atoms with Crippen LogP contribution in [0, 0.1) is 0 Å². The molecule has 0 bridgehead atoms. The standard InChI is InChI=1S/C28H31N3O4S.HI/c1-31(2)16-14-22(15-17-31)35-28(34)29-25-18-20(8-11-24(25)21-6-4-3-5-7-21)9-12-26(33)30-27-13-10-23(19-32)36-27;/h3-8,10-11,13,18-19,22H,9,12,14-17H2,1-2H3,(H-,29,30,32,33,34);1H. The number of likely N-dealkylation sites (tertiary alicyclic amines) is 1. The predicted molar refractivity (Wildman–Crippen MR) is 144 cm³/mol. The number of piperidine rings is 1. The van der Waals surface area contributed by atoms with Crippen LogP contribution in [0.5, 0.6) is 0 Å². The first kappa shape index (κ1) is 28.8. The minimum Gasteiger partial charge on any atom is -1.00 e. The van der Waals surface area contributed by atoms with Crippen LogP contribution in [0.15, 0.2) is 60.7 Å². The number of ether oxygens (including phenoxy) is 1. The van der Waals surface area contributed by atoms with Crippen molar-refractivity contribution in [1.29, 1.82) is 0 Å². The molecule has 2 N–H and O–H groups in total. The average molecular weight is 634 g/mol. The van der Waals surface area contributed by atoms with E-state index in [0.29, 0.717) is 22.0 Å². The van der Waals surface area contributed by atoms with Crippen molar-refractivity contribution >= 4 is 40.3 Å². The third kappa shape index (κ3) is 8.37. The van der Waals surface area contributed by atoms with Crippen molar-refractivity contribution in [3.8, 4) is 11.1 Å². The minimum atomic E-state index is -0.456. The van der Waals surface area contributed by atoms with Crippen LogP contribution in [0.3, 0.4) is 0 Å². The summed E-state index contributed by atoms with van der Waals surface area (Å²) >= 11 is 1.24. The van der Waals surface area contributed by atoms with Gasteiger partial charge in [0.2, 0.25) is 5.91 Å². The fraction of sp³-hybridized carbons (Fsp3) is 0.321. The lowest BCUT2D eigenvalue weighted by Gasteiger charge is -2.36. The van der Waals surface area contributed by atoms with Crippen LogP contribution in [0.25, 0.3) is 11.1 Å². The van der Waals surface area contributed by atoms with Crippen molar-refractivity contribution in [1.82, 2.24) is 0 Å². The molecule has 2 amide bonds. The first-order valence-corrected chi connectivity index (χ1v) is 13.0. The van der Waals surface area contributed by atoms with Gasteiger partial charge < -0.3 is 38.5 Å². The topological polar surface area (TPSA) is 84.5 Å². The molecule has 0 unspecified atom stereocenters. The van der Waals surface area contributed by atoms with Gasteiger partial charge in [-0.05, 0) is 35.7 Å². The maximum Gasteiger partial charge on any atom is 0.411 e. The van der Waals surface area contributed by atoms with Gasteiger partial charge in [-0.25, -0.2) is 4.79 Å². The number of hydrogen-bond donors (Lipinski definition) is 2. The molecule has 37 heavy (non-hydrogen) atoms. The molecule has 3 aromatic rings. The number of hydrogen-bond acceptors (Lipinski definition) is 5. The van der Waals surface area contributed by atoms with E-state index in [1.807, 2.05) is 48.5 Å². The number of anilines is 2. The summed E-state index contributed by atoms with van der Waals surface area (Å²) in [6.45, 7) is 1.96. The molecular formula is C28H32IN3O4S. The van der Waals surface area contributed by atoms with Crippen molar-refractivity contribution in [3.05, 3.63) is 71.1 Å². The van der Waals surface area contributed by atoms with Crippen LogP contribution in [-0.4, -0.2) is 56.1 Å². The average Bonchev–Trinajstić information content (AvgIpc) is 3.32. The molecule has 9 heteroatoms. The molecule has 7 nitrogen and oxygen atoms in total. The zero-order valence-electron chi connectivity index (χ0n) is 21.0. The Morgan fingerprint density at radius 1 is 1.03 bits per heavy atom. The highest BCUT2D eigenvalue weighted by atomic mass is 127. The summed E-state index contributed by atoms with van der Waals surface area (Å²) in [5.41, 5.74) is 3.46. The summed E-state index contributed by atoms with van der Waals surface area (Å²) in [7, 11) is 4.38. The molecule has 1 saturated heterocycles. The summed E-state index contributed by atoms with van der Waals surface area (Å²) in [4.78, 5) is 36.6. The Labute approximate surface area is 238 Å². The maximum absolute atomic E-state index is 12.8. The quantitative estimate of drug-likeness (QED) is 0.227. The smallest absolute Gasteiger partial charge is 0.411 e. The number of aldehydes is 1. The first-order chi connectivity index (χ1) is 17.3. The molecule has 0 radical (unpaired) electrons. The zero-order chi connectivity index (χ0) is 25.5. The highest BCUT2D eigenvalue weighted by molar-refractivity contribution is 7.17. The molecule has 1 aromatic heterocycles. The molecule has 0 aliphatic carbocycles. The van der Waals surface area contributed by atoms with Gasteiger partial charge in [0.1, 0.15) is 6.10 Å². The Morgan fingerprint density at radius 2 is 1.76 bits per heavy atom. The number of halogens is 1. The lowest BCUT2D eigenvalue weighted by Crippen LogP contribution is -3.00. The van der Waals surface area contributed by atoms with Crippen LogP contribution >= 0.6 is 11.3 Å². The molecular weight excluding hydrogens is 601 g/mol. The number of nitrogens with zero attached hydrogens (tertiary/aromatic N) is 1. The molecule has 0 saturated carbocycles. The Hall–Kier alpha value is -2.76. The Balaban J connectivity index is 0.00000380. The van der Waals surface area contributed by atoms with E-state index in [4.69, 9.17) is 4.74 Å². The van der Waals surface area contributed by atoms with E-state index in [0.717, 1.165) is 53.4 Å². The highest BCUT2D eigenvalue weighted by Crippen LogP contribution is 2.30. The second kappa shape index (κ2) is 13.2. The van der Waals surface area contributed by atoms with Gasteiger partial charge >= 0.3 is 6.09 Å². The number of aryl methyl sites for hydroxylation is 1. The number of nitrogens with one attached hydrogen (secondary N) is 2. The maximum atomic E-state index is 12.8.